The maximum Gasteiger partial charge on any atom is 0.259 e. The summed E-state index contributed by atoms with van der Waals surface area (Å²) in [6.07, 6.45) is 3.30. The minimum atomic E-state index is -0.415. The Morgan fingerprint density at radius 2 is 2.41 bits per heavy atom. The molecule has 0 aliphatic carbocycles. The van der Waals surface area contributed by atoms with Crippen molar-refractivity contribution in [3.63, 3.8) is 0 Å². The summed E-state index contributed by atoms with van der Waals surface area (Å²) >= 11 is 0. The van der Waals surface area contributed by atoms with Crippen molar-refractivity contribution in [1.82, 2.24) is 9.88 Å². The second kappa shape index (κ2) is 4.71. The fourth-order valence-corrected chi connectivity index (χ4v) is 2.12. The summed E-state index contributed by atoms with van der Waals surface area (Å²) in [5.41, 5.74) is -0.104. The zero-order valence-electron chi connectivity index (χ0n) is 9.72. The molecule has 1 aromatic rings. The molecule has 0 spiro atoms. The lowest BCUT2D eigenvalue weighted by atomic mass is 10.0. The molecule has 2 rings (SSSR count). The topological polar surface area (TPSA) is 73.4 Å². The van der Waals surface area contributed by atoms with Gasteiger partial charge in [0, 0.05) is 37.5 Å². The Bertz CT molecular complexity index is 467. The number of nitrogens with one attached hydrogen (secondary N) is 1. The zero-order valence-corrected chi connectivity index (χ0v) is 9.72. The largest absolute Gasteiger partial charge is 0.393 e. The molecule has 0 saturated carbocycles. The van der Waals surface area contributed by atoms with Crippen LogP contribution in [-0.2, 0) is 0 Å². The third kappa shape index (κ3) is 2.39. The Labute approximate surface area is 99.1 Å². The molecule has 2 N–H and O–H groups in total. The van der Waals surface area contributed by atoms with E-state index in [9.17, 15) is 14.7 Å². The number of H-pyrrole nitrogens is 1. The van der Waals surface area contributed by atoms with Crippen molar-refractivity contribution in [1.29, 1.82) is 0 Å². The number of likely N-dealkylation sites (tertiary alicyclic amines) is 1. The Morgan fingerprint density at radius 3 is 3.00 bits per heavy atom. The number of aliphatic hydroxyl groups excluding tert-OH is 1. The van der Waals surface area contributed by atoms with Gasteiger partial charge in [-0.05, 0) is 13.3 Å². The first-order valence-electron chi connectivity index (χ1n) is 5.74. The first-order valence-corrected chi connectivity index (χ1v) is 5.74. The van der Waals surface area contributed by atoms with Crippen LogP contribution in [0.5, 0.6) is 0 Å². The molecule has 0 radical (unpaired) electrons. The lowest BCUT2D eigenvalue weighted by Crippen LogP contribution is -2.33. The highest BCUT2D eigenvalue weighted by molar-refractivity contribution is 5.93. The molecule has 17 heavy (non-hydrogen) atoms. The first-order chi connectivity index (χ1) is 8.09. The minimum Gasteiger partial charge on any atom is -0.393 e. The number of pyridine rings is 1. The van der Waals surface area contributed by atoms with E-state index in [2.05, 4.69) is 4.98 Å². The van der Waals surface area contributed by atoms with Gasteiger partial charge >= 0.3 is 0 Å². The molecule has 5 nitrogen and oxygen atoms in total. The van der Waals surface area contributed by atoms with E-state index in [0.29, 0.717) is 13.1 Å². The van der Waals surface area contributed by atoms with E-state index in [-0.39, 0.29) is 22.8 Å². The van der Waals surface area contributed by atoms with Crippen molar-refractivity contribution in [2.24, 2.45) is 5.92 Å². The van der Waals surface area contributed by atoms with Crippen molar-refractivity contribution >= 4 is 5.91 Å². The van der Waals surface area contributed by atoms with Crippen LogP contribution in [0.25, 0.3) is 0 Å². The number of rotatable bonds is 2. The highest BCUT2D eigenvalue weighted by Gasteiger charge is 2.30. The molecule has 2 heterocycles. The Hall–Kier alpha value is -1.62. The van der Waals surface area contributed by atoms with Gasteiger partial charge < -0.3 is 15.0 Å². The van der Waals surface area contributed by atoms with Crippen LogP contribution >= 0.6 is 0 Å². The van der Waals surface area contributed by atoms with Crippen molar-refractivity contribution in [2.75, 3.05) is 13.1 Å². The van der Waals surface area contributed by atoms with Crippen molar-refractivity contribution in [3.8, 4) is 0 Å². The first kappa shape index (κ1) is 11.9. The van der Waals surface area contributed by atoms with Crippen LogP contribution in [0.2, 0.25) is 0 Å². The molecule has 0 aromatic carbocycles. The SMILES string of the molecule is CC(O)C1CCN(C(=O)c2c[nH]ccc2=O)C1. The van der Waals surface area contributed by atoms with Gasteiger partial charge in [-0.1, -0.05) is 0 Å². The monoisotopic (exact) mass is 236 g/mol. The van der Waals surface area contributed by atoms with Crippen LogP contribution in [0.4, 0.5) is 0 Å². The number of carbonyl (C=O) groups excluding carboxylic acids is 1. The third-order valence-electron chi connectivity index (χ3n) is 3.25. The number of aromatic nitrogens is 1. The quantitative estimate of drug-likeness (QED) is 0.771. The van der Waals surface area contributed by atoms with E-state index in [1.165, 1.54) is 18.5 Å². The minimum absolute atomic E-state index is 0.113. The molecule has 1 fully saturated rings. The predicted molar refractivity (Wildman–Crippen MR) is 62.8 cm³/mol. The maximum absolute atomic E-state index is 12.1. The number of hydrogen-bond donors (Lipinski definition) is 2. The van der Waals surface area contributed by atoms with Crippen LogP contribution < -0.4 is 5.43 Å². The number of amides is 1. The van der Waals surface area contributed by atoms with Gasteiger partial charge in [0.1, 0.15) is 5.56 Å². The lowest BCUT2D eigenvalue weighted by molar-refractivity contribution is 0.0761. The summed E-state index contributed by atoms with van der Waals surface area (Å²) in [7, 11) is 0. The zero-order chi connectivity index (χ0) is 12.4. The van der Waals surface area contributed by atoms with E-state index in [1.54, 1.807) is 11.8 Å². The van der Waals surface area contributed by atoms with E-state index in [1.807, 2.05) is 0 Å². The highest BCUT2D eigenvalue weighted by atomic mass is 16.3. The van der Waals surface area contributed by atoms with Crippen molar-refractivity contribution in [3.05, 3.63) is 34.2 Å². The van der Waals surface area contributed by atoms with E-state index < -0.39 is 6.10 Å². The van der Waals surface area contributed by atoms with Gasteiger partial charge in [-0.2, -0.15) is 0 Å². The van der Waals surface area contributed by atoms with E-state index in [4.69, 9.17) is 0 Å². The summed E-state index contributed by atoms with van der Waals surface area (Å²) in [6.45, 7) is 2.85. The predicted octanol–water partition coefficient (Wildman–Crippen LogP) is 0.218. The molecule has 2 atom stereocenters. The fraction of sp³-hybridized carbons (Fsp3) is 0.500. The summed E-state index contributed by atoms with van der Waals surface area (Å²) in [4.78, 5) is 27.9. The van der Waals surface area contributed by atoms with Gasteiger partial charge in [0.15, 0.2) is 5.43 Å². The summed E-state index contributed by atoms with van der Waals surface area (Å²) in [5, 5.41) is 9.47. The van der Waals surface area contributed by atoms with Crippen LogP contribution in [0.3, 0.4) is 0 Å². The van der Waals surface area contributed by atoms with E-state index >= 15 is 0 Å². The average Bonchev–Trinajstić information content (AvgIpc) is 2.78. The molecule has 1 aliphatic rings. The van der Waals surface area contributed by atoms with Crippen LogP contribution in [-0.4, -0.2) is 40.1 Å². The van der Waals surface area contributed by atoms with Crippen LogP contribution in [0.1, 0.15) is 23.7 Å². The van der Waals surface area contributed by atoms with Gasteiger partial charge in [-0.25, -0.2) is 0 Å². The van der Waals surface area contributed by atoms with Gasteiger partial charge in [0.25, 0.3) is 5.91 Å². The number of nitrogens with zero attached hydrogens (tertiary/aromatic N) is 1. The van der Waals surface area contributed by atoms with Gasteiger partial charge in [-0.3, -0.25) is 9.59 Å². The molecule has 92 valence electrons. The lowest BCUT2D eigenvalue weighted by Gasteiger charge is -2.17. The molecule has 1 aliphatic heterocycles. The molecule has 0 bridgehead atoms. The molecule has 5 heteroatoms. The molecular weight excluding hydrogens is 220 g/mol. The number of carbonyl (C=O) groups is 1. The van der Waals surface area contributed by atoms with Gasteiger partial charge in [0.2, 0.25) is 0 Å². The summed E-state index contributed by atoms with van der Waals surface area (Å²) in [5.74, 6) is -0.142. The van der Waals surface area contributed by atoms with Crippen molar-refractivity contribution < 1.29 is 9.90 Å². The average molecular weight is 236 g/mol. The van der Waals surface area contributed by atoms with Gasteiger partial charge in [-0.15, -0.1) is 0 Å². The Morgan fingerprint density at radius 1 is 1.65 bits per heavy atom. The number of hydrogen-bond acceptors (Lipinski definition) is 3. The van der Waals surface area contributed by atoms with Crippen LogP contribution in [0, 0.1) is 5.92 Å². The third-order valence-corrected chi connectivity index (χ3v) is 3.25. The number of aliphatic hydroxyl groups is 1. The summed E-state index contributed by atoms with van der Waals surface area (Å²) < 4.78 is 0. The Balaban J connectivity index is 2.13. The highest BCUT2D eigenvalue weighted by Crippen LogP contribution is 2.20. The normalized spacial score (nSPS) is 21.5. The summed E-state index contributed by atoms with van der Waals surface area (Å²) in [6, 6.07) is 1.34. The Kier molecular flexibility index (Phi) is 3.28. The smallest absolute Gasteiger partial charge is 0.259 e. The maximum atomic E-state index is 12.1. The van der Waals surface area contributed by atoms with E-state index in [0.717, 1.165) is 6.42 Å². The molecule has 1 saturated heterocycles. The van der Waals surface area contributed by atoms with Crippen molar-refractivity contribution in [2.45, 2.75) is 19.4 Å². The fourth-order valence-electron chi connectivity index (χ4n) is 2.12. The molecule has 2 unspecified atom stereocenters. The molecule has 1 aromatic heterocycles. The molecular formula is C12H16N2O3. The second-order valence-electron chi connectivity index (χ2n) is 4.46. The van der Waals surface area contributed by atoms with Crippen LogP contribution in [0.15, 0.2) is 23.3 Å². The standard InChI is InChI=1S/C12H16N2O3/c1-8(15)9-3-5-14(7-9)12(17)10-6-13-4-2-11(10)16/h2,4,6,8-9,15H,3,5,7H2,1H3,(H,13,16). The second-order valence-corrected chi connectivity index (χ2v) is 4.46. The molecule has 1 amide bonds. The van der Waals surface area contributed by atoms with Gasteiger partial charge in [0.05, 0.1) is 6.10 Å². The number of aromatic amines is 1.